The monoisotopic (exact) mass is 382 g/mol. The van der Waals surface area contributed by atoms with E-state index >= 15 is 0 Å². The van der Waals surface area contributed by atoms with Gasteiger partial charge in [-0.1, -0.05) is 42.1 Å². The van der Waals surface area contributed by atoms with Gasteiger partial charge in [0.15, 0.2) is 5.17 Å². The van der Waals surface area contributed by atoms with Crippen LogP contribution in [0.5, 0.6) is 0 Å². The van der Waals surface area contributed by atoms with Gasteiger partial charge in [0, 0.05) is 6.42 Å². The summed E-state index contributed by atoms with van der Waals surface area (Å²) in [6.07, 6.45) is 2.26. The van der Waals surface area contributed by atoms with Crippen molar-refractivity contribution in [1.29, 1.82) is 0 Å². The second kappa shape index (κ2) is 7.36. The van der Waals surface area contributed by atoms with Gasteiger partial charge in [-0.25, -0.2) is 9.38 Å². The van der Waals surface area contributed by atoms with Crippen LogP contribution in [0.1, 0.15) is 12.0 Å². The molecule has 0 radical (unpaired) electrons. The number of ether oxygens (including phenoxy) is 1. The molecular weight excluding hydrogens is 367 g/mol. The van der Waals surface area contributed by atoms with Gasteiger partial charge in [0.2, 0.25) is 0 Å². The van der Waals surface area contributed by atoms with Crippen LogP contribution in [0.15, 0.2) is 65.3 Å². The molecule has 0 aromatic heterocycles. The molecule has 7 heteroatoms. The molecule has 0 spiro atoms. The predicted molar refractivity (Wildman–Crippen MR) is 103 cm³/mol. The highest BCUT2D eigenvalue weighted by molar-refractivity contribution is 8.15. The Bertz CT molecular complexity index is 941. The molecule has 2 aromatic rings. The number of cyclic esters (lactones) is 1. The van der Waals surface area contributed by atoms with Crippen molar-refractivity contribution in [2.45, 2.75) is 11.7 Å². The van der Waals surface area contributed by atoms with E-state index in [-0.39, 0.29) is 17.6 Å². The SMILES string of the molecule is O=C1OCC[C@H]1SC1=N/C(=C/c2ccccc2)C(=O)N1c1ccc(F)cc1. The standard InChI is InChI=1S/C20H15FN2O3S/c21-14-6-8-15(9-7-14)23-18(24)16(12-13-4-2-1-3-5-13)22-20(23)27-17-10-11-26-19(17)25/h1-9,12,17H,10-11H2/b16-12+/t17-/m1/s1. The molecule has 27 heavy (non-hydrogen) atoms. The van der Waals surface area contributed by atoms with Crippen LogP contribution in [0.3, 0.4) is 0 Å². The third-order valence-electron chi connectivity index (χ3n) is 4.15. The van der Waals surface area contributed by atoms with E-state index in [2.05, 4.69) is 4.99 Å². The number of aliphatic imine (C=N–C) groups is 1. The van der Waals surface area contributed by atoms with Gasteiger partial charge in [0.05, 0.1) is 12.3 Å². The maximum absolute atomic E-state index is 13.3. The molecule has 1 atom stereocenters. The van der Waals surface area contributed by atoms with E-state index in [1.807, 2.05) is 30.3 Å². The maximum Gasteiger partial charge on any atom is 0.319 e. The molecule has 2 aliphatic heterocycles. The van der Waals surface area contributed by atoms with Crippen molar-refractivity contribution in [1.82, 2.24) is 0 Å². The fourth-order valence-corrected chi connectivity index (χ4v) is 3.89. The molecule has 5 nitrogen and oxygen atoms in total. The molecule has 0 saturated carbocycles. The predicted octanol–water partition coefficient (Wildman–Crippen LogP) is 3.62. The quantitative estimate of drug-likeness (QED) is 0.601. The lowest BCUT2D eigenvalue weighted by Crippen LogP contribution is -2.32. The number of thioether (sulfide) groups is 1. The van der Waals surface area contributed by atoms with Gasteiger partial charge in [0.25, 0.3) is 5.91 Å². The van der Waals surface area contributed by atoms with Gasteiger partial charge in [-0.15, -0.1) is 0 Å². The lowest BCUT2D eigenvalue weighted by Gasteiger charge is -2.18. The van der Waals surface area contributed by atoms with Gasteiger partial charge in [-0.2, -0.15) is 0 Å². The second-order valence-electron chi connectivity index (χ2n) is 6.01. The first-order valence-corrected chi connectivity index (χ1v) is 9.28. The van der Waals surface area contributed by atoms with Crippen LogP contribution in [0, 0.1) is 5.82 Å². The Kier molecular flexibility index (Phi) is 4.77. The minimum atomic E-state index is -0.407. The minimum Gasteiger partial charge on any atom is -0.465 e. The largest absolute Gasteiger partial charge is 0.465 e. The first-order chi connectivity index (χ1) is 13.1. The smallest absolute Gasteiger partial charge is 0.319 e. The summed E-state index contributed by atoms with van der Waals surface area (Å²) in [5, 5.41) is -0.0202. The van der Waals surface area contributed by atoms with E-state index < -0.39 is 11.1 Å². The van der Waals surface area contributed by atoms with Gasteiger partial charge >= 0.3 is 5.97 Å². The van der Waals surface area contributed by atoms with E-state index in [9.17, 15) is 14.0 Å². The highest BCUT2D eigenvalue weighted by atomic mass is 32.2. The van der Waals surface area contributed by atoms with Gasteiger partial charge in [-0.05, 0) is 35.9 Å². The number of carbonyl (C=O) groups excluding carboxylic acids is 2. The van der Waals surface area contributed by atoms with Crippen molar-refractivity contribution in [3.63, 3.8) is 0 Å². The number of rotatable bonds is 3. The van der Waals surface area contributed by atoms with Crippen LogP contribution < -0.4 is 4.90 Å². The topological polar surface area (TPSA) is 59.0 Å². The van der Waals surface area contributed by atoms with Crippen molar-refractivity contribution >= 4 is 40.6 Å². The number of esters is 1. The highest BCUT2D eigenvalue weighted by Crippen LogP contribution is 2.33. The second-order valence-corrected chi connectivity index (χ2v) is 7.18. The number of nitrogens with zero attached hydrogens (tertiary/aromatic N) is 2. The molecule has 0 bridgehead atoms. The van der Waals surface area contributed by atoms with Gasteiger partial charge < -0.3 is 4.74 Å². The first-order valence-electron chi connectivity index (χ1n) is 8.40. The molecule has 1 saturated heterocycles. The Balaban J connectivity index is 1.70. The van der Waals surface area contributed by atoms with Crippen molar-refractivity contribution in [3.05, 3.63) is 71.7 Å². The Hall–Kier alpha value is -2.93. The lowest BCUT2D eigenvalue weighted by molar-refractivity contribution is -0.137. The Labute approximate surface area is 159 Å². The zero-order valence-corrected chi connectivity index (χ0v) is 15.0. The molecule has 0 N–H and O–H groups in total. The van der Waals surface area contributed by atoms with E-state index in [0.717, 1.165) is 5.56 Å². The summed E-state index contributed by atoms with van der Waals surface area (Å²) in [6, 6.07) is 15.0. The molecular formula is C20H15FN2O3S. The van der Waals surface area contributed by atoms with E-state index in [4.69, 9.17) is 4.74 Å². The summed E-state index contributed by atoms with van der Waals surface area (Å²) in [7, 11) is 0. The number of carbonyl (C=O) groups is 2. The average Bonchev–Trinajstić information content (AvgIpc) is 3.21. The molecule has 1 amide bonds. The first kappa shape index (κ1) is 17.5. The molecule has 2 heterocycles. The number of hydrogen-bond acceptors (Lipinski definition) is 5. The van der Waals surface area contributed by atoms with E-state index in [1.165, 1.54) is 40.9 Å². The van der Waals surface area contributed by atoms with Crippen LogP contribution in [0.25, 0.3) is 6.08 Å². The molecule has 1 fully saturated rings. The molecule has 136 valence electrons. The van der Waals surface area contributed by atoms with Crippen LogP contribution in [-0.4, -0.2) is 28.9 Å². The highest BCUT2D eigenvalue weighted by Gasteiger charge is 2.37. The molecule has 0 unspecified atom stereocenters. The van der Waals surface area contributed by atoms with Crippen molar-refractivity contribution in [2.75, 3.05) is 11.5 Å². The van der Waals surface area contributed by atoms with Crippen LogP contribution >= 0.6 is 11.8 Å². The van der Waals surface area contributed by atoms with Crippen LogP contribution in [0.2, 0.25) is 0 Å². The van der Waals surface area contributed by atoms with Gasteiger partial charge in [0.1, 0.15) is 16.8 Å². The Morgan fingerprint density at radius 2 is 1.85 bits per heavy atom. The number of amides is 1. The summed E-state index contributed by atoms with van der Waals surface area (Å²) >= 11 is 1.19. The van der Waals surface area contributed by atoms with Crippen LogP contribution in [-0.2, 0) is 14.3 Å². The number of benzene rings is 2. The minimum absolute atomic E-state index is 0.263. The van der Waals surface area contributed by atoms with Crippen molar-refractivity contribution in [2.24, 2.45) is 4.99 Å². The molecule has 2 aromatic carbocycles. The summed E-state index contributed by atoms with van der Waals surface area (Å²) in [5.74, 6) is -1.02. The van der Waals surface area contributed by atoms with Crippen molar-refractivity contribution < 1.29 is 18.7 Å². The Morgan fingerprint density at radius 1 is 1.11 bits per heavy atom. The van der Waals surface area contributed by atoms with Crippen LogP contribution in [0.4, 0.5) is 10.1 Å². The molecule has 0 aliphatic carbocycles. The van der Waals surface area contributed by atoms with E-state index in [0.29, 0.717) is 23.9 Å². The average molecular weight is 382 g/mol. The third kappa shape index (κ3) is 3.64. The third-order valence-corrected chi connectivity index (χ3v) is 5.35. The molecule has 4 rings (SSSR count). The van der Waals surface area contributed by atoms with Crippen molar-refractivity contribution in [3.8, 4) is 0 Å². The number of anilines is 1. The fourth-order valence-electron chi connectivity index (χ4n) is 2.81. The normalized spacial score (nSPS) is 20.9. The maximum atomic E-state index is 13.3. The summed E-state index contributed by atoms with van der Waals surface area (Å²) in [5.41, 5.74) is 1.60. The zero-order valence-electron chi connectivity index (χ0n) is 14.2. The molecule has 2 aliphatic rings. The fraction of sp³-hybridized carbons (Fsp3) is 0.150. The number of halogens is 1. The lowest BCUT2D eigenvalue weighted by atomic mass is 10.2. The number of amidine groups is 1. The number of hydrogen-bond donors (Lipinski definition) is 0. The summed E-state index contributed by atoms with van der Waals surface area (Å²) in [6.45, 7) is 0.362. The summed E-state index contributed by atoms with van der Waals surface area (Å²) < 4.78 is 18.3. The van der Waals surface area contributed by atoms with E-state index in [1.54, 1.807) is 6.08 Å². The zero-order chi connectivity index (χ0) is 18.8. The Morgan fingerprint density at radius 3 is 2.52 bits per heavy atom. The summed E-state index contributed by atoms with van der Waals surface area (Å²) in [4.78, 5) is 30.7. The van der Waals surface area contributed by atoms with Gasteiger partial charge in [-0.3, -0.25) is 14.5 Å².